The summed E-state index contributed by atoms with van der Waals surface area (Å²) in [5, 5.41) is 5.18. The SMILES string of the molecule is CCCc1ccc(C(=O)/C=C/c2ccc(OC)c(Cn3nc(C)c(Cl)c3C)c2)s1. The molecule has 3 rings (SSSR count). The summed E-state index contributed by atoms with van der Waals surface area (Å²) < 4.78 is 7.38. The molecule has 0 spiro atoms. The maximum Gasteiger partial charge on any atom is 0.195 e. The van der Waals surface area contributed by atoms with Gasteiger partial charge in [0.15, 0.2) is 5.78 Å². The highest BCUT2D eigenvalue weighted by atomic mass is 35.5. The third-order valence-electron chi connectivity index (χ3n) is 4.75. The predicted molar refractivity (Wildman–Crippen MR) is 120 cm³/mol. The Labute approximate surface area is 180 Å². The van der Waals surface area contributed by atoms with E-state index in [1.54, 1.807) is 24.5 Å². The van der Waals surface area contributed by atoms with E-state index in [-0.39, 0.29) is 5.78 Å². The summed E-state index contributed by atoms with van der Waals surface area (Å²) in [7, 11) is 1.65. The van der Waals surface area contributed by atoms with E-state index in [2.05, 4.69) is 12.0 Å². The van der Waals surface area contributed by atoms with Crippen LogP contribution < -0.4 is 4.74 Å². The van der Waals surface area contributed by atoms with Crippen LogP contribution in [-0.2, 0) is 13.0 Å². The number of hydrogen-bond donors (Lipinski definition) is 0. The summed E-state index contributed by atoms with van der Waals surface area (Å²) in [6.07, 6.45) is 5.57. The molecule has 4 nitrogen and oxygen atoms in total. The molecule has 0 unspecified atom stereocenters. The molecular weight excluding hydrogens is 404 g/mol. The van der Waals surface area contributed by atoms with Crippen molar-refractivity contribution in [1.29, 1.82) is 0 Å². The minimum Gasteiger partial charge on any atom is -0.496 e. The summed E-state index contributed by atoms with van der Waals surface area (Å²) in [6.45, 7) is 6.53. The zero-order valence-corrected chi connectivity index (χ0v) is 18.7. The minimum atomic E-state index is 0.0278. The topological polar surface area (TPSA) is 44.1 Å². The summed E-state index contributed by atoms with van der Waals surface area (Å²) in [5.41, 5.74) is 3.64. The molecule has 0 aliphatic carbocycles. The van der Waals surface area contributed by atoms with Crippen molar-refractivity contribution >= 4 is 34.8 Å². The average molecular weight is 429 g/mol. The Morgan fingerprint density at radius 2 is 2.07 bits per heavy atom. The molecule has 0 radical (unpaired) electrons. The van der Waals surface area contributed by atoms with Gasteiger partial charge in [0, 0.05) is 10.4 Å². The van der Waals surface area contributed by atoms with Gasteiger partial charge in [-0.15, -0.1) is 11.3 Å². The van der Waals surface area contributed by atoms with E-state index in [1.807, 2.05) is 54.9 Å². The number of carbonyl (C=O) groups excluding carboxylic acids is 1. The lowest BCUT2D eigenvalue weighted by atomic mass is 10.1. The molecule has 0 aliphatic heterocycles. The van der Waals surface area contributed by atoms with Crippen LogP contribution in [0.25, 0.3) is 6.08 Å². The fourth-order valence-electron chi connectivity index (χ4n) is 3.16. The molecule has 29 heavy (non-hydrogen) atoms. The number of thiophene rings is 1. The first-order valence-corrected chi connectivity index (χ1v) is 10.8. The molecule has 0 N–H and O–H groups in total. The molecule has 0 saturated heterocycles. The molecule has 152 valence electrons. The van der Waals surface area contributed by atoms with E-state index in [0.717, 1.165) is 46.0 Å². The quantitative estimate of drug-likeness (QED) is 0.320. The number of ketones is 1. The number of ether oxygens (including phenoxy) is 1. The summed E-state index contributed by atoms with van der Waals surface area (Å²) in [6, 6.07) is 9.83. The highest BCUT2D eigenvalue weighted by Crippen LogP contribution is 2.25. The highest BCUT2D eigenvalue weighted by Gasteiger charge is 2.12. The van der Waals surface area contributed by atoms with E-state index in [0.29, 0.717) is 11.6 Å². The Hall–Kier alpha value is -2.37. The largest absolute Gasteiger partial charge is 0.496 e. The highest BCUT2D eigenvalue weighted by molar-refractivity contribution is 7.14. The summed E-state index contributed by atoms with van der Waals surface area (Å²) in [4.78, 5) is 14.5. The Kier molecular flexibility index (Phi) is 6.93. The van der Waals surface area contributed by atoms with Gasteiger partial charge in [0.25, 0.3) is 0 Å². The molecular formula is C23H25ClN2O2S. The van der Waals surface area contributed by atoms with Gasteiger partial charge in [-0.3, -0.25) is 9.48 Å². The Morgan fingerprint density at radius 1 is 1.28 bits per heavy atom. The zero-order valence-electron chi connectivity index (χ0n) is 17.2. The summed E-state index contributed by atoms with van der Waals surface area (Å²) in [5.74, 6) is 0.805. The fraction of sp³-hybridized carbons (Fsp3) is 0.304. The van der Waals surface area contributed by atoms with Gasteiger partial charge in [-0.1, -0.05) is 37.1 Å². The standard InChI is InChI=1S/C23H25ClN2O2S/c1-5-6-19-9-12-22(29-19)20(27)10-7-17-8-11-21(28-4)18(13-17)14-26-16(3)23(24)15(2)25-26/h7-13H,5-6,14H2,1-4H3/b10-7+. The van der Waals surface area contributed by atoms with Crippen LogP contribution in [0.2, 0.25) is 5.02 Å². The van der Waals surface area contributed by atoms with Gasteiger partial charge in [0.2, 0.25) is 0 Å². The smallest absolute Gasteiger partial charge is 0.195 e. The number of rotatable bonds is 8. The van der Waals surface area contributed by atoms with Crippen LogP contribution in [0.15, 0.2) is 36.4 Å². The number of carbonyl (C=O) groups is 1. The third-order valence-corrected chi connectivity index (χ3v) is 6.45. The van der Waals surface area contributed by atoms with Crippen molar-refractivity contribution in [2.75, 3.05) is 7.11 Å². The Balaban J connectivity index is 1.81. The first-order chi connectivity index (χ1) is 13.9. The second kappa shape index (κ2) is 9.42. The van der Waals surface area contributed by atoms with Gasteiger partial charge in [0.1, 0.15) is 5.75 Å². The van der Waals surface area contributed by atoms with Crippen molar-refractivity contribution in [3.63, 3.8) is 0 Å². The number of halogens is 1. The monoisotopic (exact) mass is 428 g/mol. The average Bonchev–Trinajstić information content (AvgIpc) is 3.27. The van der Waals surface area contributed by atoms with Crippen molar-refractivity contribution in [2.24, 2.45) is 0 Å². The van der Waals surface area contributed by atoms with Crippen LogP contribution in [0.1, 0.15) is 50.4 Å². The lowest BCUT2D eigenvalue weighted by molar-refractivity contribution is 0.105. The molecule has 0 fully saturated rings. The maximum atomic E-state index is 12.5. The molecule has 2 heterocycles. The molecule has 0 bridgehead atoms. The summed E-state index contributed by atoms with van der Waals surface area (Å²) >= 11 is 7.84. The lowest BCUT2D eigenvalue weighted by Crippen LogP contribution is -2.06. The molecule has 2 aromatic heterocycles. The number of nitrogens with zero attached hydrogens (tertiary/aromatic N) is 2. The zero-order chi connectivity index (χ0) is 21.0. The first-order valence-electron chi connectivity index (χ1n) is 9.60. The Morgan fingerprint density at radius 3 is 2.72 bits per heavy atom. The van der Waals surface area contributed by atoms with Gasteiger partial charge < -0.3 is 4.74 Å². The molecule has 0 aliphatic rings. The fourth-order valence-corrected chi connectivity index (χ4v) is 4.33. The van der Waals surface area contributed by atoms with E-state index in [9.17, 15) is 4.79 Å². The van der Waals surface area contributed by atoms with Gasteiger partial charge in [-0.05, 0) is 56.2 Å². The van der Waals surface area contributed by atoms with Crippen molar-refractivity contribution < 1.29 is 9.53 Å². The van der Waals surface area contributed by atoms with Gasteiger partial charge >= 0.3 is 0 Å². The number of methoxy groups -OCH3 is 1. The van der Waals surface area contributed by atoms with Crippen molar-refractivity contribution in [3.05, 3.63) is 73.7 Å². The van der Waals surface area contributed by atoms with Gasteiger partial charge in [-0.2, -0.15) is 5.10 Å². The van der Waals surface area contributed by atoms with Crippen molar-refractivity contribution in [1.82, 2.24) is 9.78 Å². The van der Waals surface area contributed by atoms with Crippen LogP contribution >= 0.6 is 22.9 Å². The third kappa shape index (κ3) is 4.98. The second-order valence-electron chi connectivity index (χ2n) is 6.93. The molecule has 0 atom stereocenters. The minimum absolute atomic E-state index is 0.0278. The van der Waals surface area contributed by atoms with Crippen LogP contribution in [0.4, 0.5) is 0 Å². The normalized spacial score (nSPS) is 11.3. The van der Waals surface area contributed by atoms with Gasteiger partial charge in [0.05, 0.1) is 34.9 Å². The molecule has 0 saturated carbocycles. The first kappa shape index (κ1) is 21.3. The van der Waals surface area contributed by atoms with Crippen LogP contribution in [-0.4, -0.2) is 22.7 Å². The number of hydrogen-bond acceptors (Lipinski definition) is 4. The number of benzene rings is 1. The number of aromatic nitrogens is 2. The van der Waals surface area contributed by atoms with E-state index in [4.69, 9.17) is 16.3 Å². The molecule has 0 amide bonds. The van der Waals surface area contributed by atoms with E-state index >= 15 is 0 Å². The van der Waals surface area contributed by atoms with Crippen LogP contribution in [0.5, 0.6) is 5.75 Å². The maximum absolute atomic E-state index is 12.5. The van der Waals surface area contributed by atoms with E-state index in [1.165, 1.54) is 4.88 Å². The number of allylic oxidation sites excluding steroid dienone is 1. The molecule has 3 aromatic rings. The second-order valence-corrected chi connectivity index (χ2v) is 8.47. The lowest BCUT2D eigenvalue weighted by Gasteiger charge is -2.11. The number of aryl methyl sites for hydroxylation is 2. The van der Waals surface area contributed by atoms with Gasteiger partial charge in [-0.25, -0.2) is 0 Å². The molecule has 1 aromatic carbocycles. The predicted octanol–water partition coefficient (Wildman–Crippen LogP) is 6.12. The molecule has 6 heteroatoms. The van der Waals surface area contributed by atoms with Crippen LogP contribution in [0, 0.1) is 13.8 Å². The van der Waals surface area contributed by atoms with Crippen LogP contribution in [0.3, 0.4) is 0 Å². The Bertz CT molecular complexity index is 1050. The van der Waals surface area contributed by atoms with E-state index < -0.39 is 0 Å². The van der Waals surface area contributed by atoms with Crippen molar-refractivity contribution in [2.45, 2.75) is 40.2 Å². The van der Waals surface area contributed by atoms with Crippen molar-refractivity contribution in [3.8, 4) is 5.75 Å².